The van der Waals surface area contributed by atoms with Crippen LogP contribution in [0, 0.1) is 0 Å². The summed E-state index contributed by atoms with van der Waals surface area (Å²) in [4.78, 5) is 11.6. The van der Waals surface area contributed by atoms with Gasteiger partial charge in [0.25, 0.3) is 0 Å². The van der Waals surface area contributed by atoms with Gasteiger partial charge in [-0.3, -0.25) is 4.79 Å². The van der Waals surface area contributed by atoms with Crippen molar-refractivity contribution < 1.29 is 14.1 Å². The van der Waals surface area contributed by atoms with Crippen molar-refractivity contribution in [1.82, 2.24) is 4.67 Å². The Morgan fingerprint density at radius 1 is 1.35 bits per heavy atom. The molecular weight excluding hydrogens is 293 g/mol. The van der Waals surface area contributed by atoms with Crippen LogP contribution in [0.1, 0.15) is 19.3 Å². The standard InChI is InChI=1S/C14H20NO3PS/c1-17-14(16)12-15-10-6-3-7-11-18-19(15,20)13-8-4-2-5-9-13/h2,4-5,8-9H,3,6-7,10-12H2,1H3. The maximum absolute atomic E-state index is 11.6. The molecule has 110 valence electrons. The fourth-order valence-corrected chi connectivity index (χ4v) is 5.49. The van der Waals surface area contributed by atoms with Crippen LogP contribution in [0.25, 0.3) is 0 Å². The summed E-state index contributed by atoms with van der Waals surface area (Å²) in [6, 6.07) is 9.86. The van der Waals surface area contributed by atoms with Gasteiger partial charge < -0.3 is 9.26 Å². The summed E-state index contributed by atoms with van der Waals surface area (Å²) < 4.78 is 12.9. The first-order valence-electron chi connectivity index (χ1n) is 6.79. The van der Waals surface area contributed by atoms with Gasteiger partial charge in [0.15, 0.2) is 6.42 Å². The summed E-state index contributed by atoms with van der Waals surface area (Å²) in [5, 5.41) is 1.00. The van der Waals surface area contributed by atoms with Gasteiger partial charge in [0, 0.05) is 11.8 Å². The van der Waals surface area contributed by atoms with E-state index in [-0.39, 0.29) is 12.5 Å². The molecule has 0 aliphatic carbocycles. The molecule has 0 aromatic heterocycles. The Balaban J connectivity index is 2.31. The molecule has 1 aliphatic heterocycles. The molecule has 1 aromatic carbocycles. The van der Waals surface area contributed by atoms with Crippen molar-refractivity contribution in [3.63, 3.8) is 0 Å². The molecule has 1 heterocycles. The number of ether oxygens (including phenoxy) is 1. The van der Waals surface area contributed by atoms with E-state index in [1.807, 2.05) is 35.0 Å². The van der Waals surface area contributed by atoms with Gasteiger partial charge in [0.05, 0.1) is 13.7 Å². The van der Waals surface area contributed by atoms with E-state index in [0.29, 0.717) is 6.61 Å². The maximum Gasteiger partial charge on any atom is 0.320 e. The van der Waals surface area contributed by atoms with Crippen LogP contribution >= 0.6 is 6.42 Å². The third-order valence-corrected chi connectivity index (χ3v) is 7.53. The maximum atomic E-state index is 11.6. The zero-order valence-corrected chi connectivity index (χ0v) is 13.4. The number of nitrogens with zero attached hydrogens (tertiary/aromatic N) is 1. The number of methoxy groups -OCH3 is 1. The lowest BCUT2D eigenvalue weighted by Crippen LogP contribution is -2.34. The number of hydrogen-bond donors (Lipinski definition) is 0. The van der Waals surface area contributed by atoms with Gasteiger partial charge in [-0.15, -0.1) is 0 Å². The van der Waals surface area contributed by atoms with Crippen LogP contribution < -0.4 is 5.30 Å². The molecule has 1 unspecified atom stereocenters. The molecule has 0 N–H and O–H groups in total. The molecule has 6 heteroatoms. The van der Waals surface area contributed by atoms with Gasteiger partial charge in [-0.2, -0.15) is 0 Å². The summed E-state index contributed by atoms with van der Waals surface area (Å²) in [7, 11) is 1.40. The van der Waals surface area contributed by atoms with Crippen molar-refractivity contribution in [3.05, 3.63) is 30.3 Å². The van der Waals surface area contributed by atoms with Crippen LogP contribution in [0.5, 0.6) is 0 Å². The number of benzene rings is 1. The Hall–Kier alpha value is -0.740. The van der Waals surface area contributed by atoms with Crippen molar-refractivity contribution in [3.8, 4) is 0 Å². The SMILES string of the molecule is COC(=O)CN1CCCCCOP1(=S)c1ccccc1. The highest BCUT2D eigenvalue weighted by molar-refractivity contribution is 8.14. The minimum absolute atomic E-state index is 0.197. The van der Waals surface area contributed by atoms with Crippen LogP contribution in [0.2, 0.25) is 0 Å². The molecule has 20 heavy (non-hydrogen) atoms. The third kappa shape index (κ3) is 3.67. The Kier molecular flexibility index (Phi) is 5.73. The van der Waals surface area contributed by atoms with E-state index < -0.39 is 6.42 Å². The summed E-state index contributed by atoms with van der Waals surface area (Å²) in [5.74, 6) is -0.265. The molecule has 1 saturated heterocycles. The topological polar surface area (TPSA) is 38.8 Å². The molecule has 0 bridgehead atoms. The van der Waals surface area contributed by atoms with Crippen LogP contribution in [-0.2, 0) is 25.9 Å². The van der Waals surface area contributed by atoms with Gasteiger partial charge in [0.2, 0.25) is 0 Å². The molecule has 0 radical (unpaired) electrons. The van der Waals surface area contributed by atoms with Gasteiger partial charge >= 0.3 is 5.97 Å². The normalized spacial score (nSPS) is 24.6. The van der Waals surface area contributed by atoms with Crippen LogP contribution in [0.3, 0.4) is 0 Å². The molecule has 1 atom stereocenters. The van der Waals surface area contributed by atoms with E-state index in [4.69, 9.17) is 21.1 Å². The Morgan fingerprint density at radius 3 is 2.80 bits per heavy atom. The zero-order valence-electron chi connectivity index (χ0n) is 11.7. The molecular formula is C14H20NO3PS. The first-order valence-corrected chi connectivity index (χ1v) is 9.46. The van der Waals surface area contributed by atoms with Crippen molar-refractivity contribution in [2.75, 3.05) is 26.8 Å². The lowest BCUT2D eigenvalue weighted by Gasteiger charge is -2.35. The molecule has 0 amide bonds. The number of carbonyl (C=O) groups is 1. The second-order valence-corrected chi connectivity index (χ2v) is 8.58. The summed E-state index contributed by atoms with van der Waals surface area (Å²) in [5.41, 5.74) is 0. The Labute approximate surface area is 125 Å². The average Bonchev–Trinajstić information content (AvgIpc) is 2.47. The van der Waals surface area contributed by atoms with E-state index >= 15 is 0 Å². The lowest BCUT2D eigenvalue weighted by atomic mass is 10.2. The number of rotatable bonds is 3. The fraction of sp³-hybridized carbons (Fsp3) is 0.500. The summed E-state index contributed by atoms with van der Waals surface area (Å²) in [6.45, 7) is 1.63. The van der Waals surface area contributed by atoms with Crippen LogP contribution in [0.15, 0.2) is 30.3 Å². The van der Waals surface area contributed by atoms with E-state index in [1.165, 1.54) is 7.11 Å². The van der Waals surface area contributed by atoms with Crippen LogP contribution in [0.4, 0.5) is 0 Å². The lowest BCUT2D eigenvalue weighted by molar-refractivity contribution is -0.140. The van der Waals surface area contributed by atoms with Crippen molar-refractivity contribution >= 4 is 29.5 Å². The quantitative estimate of drug-likeness (QED) is 0.632. The molecule has 2 rings (SSSR count). The average molecular weight is 313 g/mol. The largest absolute Gasteiger partial charge is 0.468 e. The number of esters is 1. The predicted octanol–water partition coefficient (Wildman–Crippen LogP) is 2.30. The second kappa shape index (κ2) is 7.32. The van der Waals surface area contributed by atoms with E-state index in [1.54, 1.807) is 0 Å². The third-order valence-electron chi connectivity index (χ3n) is 3.32. The molecule has 4 nitrogen and oxygen atoms in total. The monoisotopic (exact) mass is 313 g/mol. The van der Waals surface area contributed by atoms with E-state index in [2.05, 4.69) is 0 Å². The van der Waals surface area contributed by atoms with Crippen LogP contribution in [-0.4, -0.2) is 37.4 Å². The van der Waals surface area contributed by atoms with Crippen molar-refractivity contribution in [2.24, 2.45) is 0 Å². The fourth-order valence-electron chi connectivity index (χ4n) is 2.21. The highest BCUT2D eigenvalue weighted by Crippen LogP contribution is 2.51. The Morgan fingerprint density at radius 2 is 2.10 bits per heavy atom. The molecule has 0 spiro atoms. The number of hydrogen-bond acceptors (Lipinski definition) is 4. The summed E-state index contributed by atoms with van der Waals surface area (Å²) >= 11 is 5.86. The van der Waals surface area contributed by atoms with Gasteiger partial charge in [-0.25, -0.2) is 4.67 Å². The summed E-state index contributed by atoms with van der Waals surface area (Å²) in [6.07, 6.45) is 0.809. The highest BCUT2D eigenvalue weighted by atomic mass is 32.4. The van der Waals surface area contributed by atoms with E-state index in [9.17, 15) is 4.79 Å². The zero-order chi connectivity index (χ0) is 14.4. The first kappa shape index (κ1) is 15.6. The van der Waals surface area contributed by atoms with Crippen molar-refractivity contribution in [1.29, 1.82) is 0 Å². The second-order valence-electron chi connectivity index (χ2n) is 4.71. The molecule has 1 fully saturated rings. The molecule has 0 saturated carbocycles. The predicted molar refractivity (Wildman–Crippen MR) is 83.8 cm³/mol. The smallest absolute Gasteiger partial charge is 0.320 e. The minimum atomic E-state index is -2.35. The van der Waals surface area contributed by atoms with Gasteiger partial charge in [-0.1, -0.05) is 30.3 Å². The molecule has 1 aliphatic rings. The number of carbonyl (C=O) groups excluding carboxylic acids is 1. The highest BCUT2D eigenvalue weighted by Gasteiger charge is 2.31. The Bertz CT molecular complexity index is 494. The molecule has 1 aromatic rings. The van der Waals surface area contributed by atoms with E-state index in [0.717, 1.165) is 31.1 Å². The van der Waals surface area contributed by atoms with Crippen molar-refractivity contribution in [2.45, 2.75) is 19.3 Å². The minimum Gasteiger partial charge on any atom is -0.468 e. The van der Waals surface area contributed by atoms with Gasteiger partial charge in [-0.05, 0) is 31.1 Å². The van der Waals surface area contributed by atoms with Gasteiger partial charge in [0.1, 0.15) is 6.54 Å². The first-order chi connectivity index (χ1) is 9.66.